The summed E-state index contributed by atoms with van der Waals surface area (Å²) in [7, 11) is 1.46. The second-order valence-electron chi connectivity index (χ2n) is 8.49. The Labute approximate surface area is 215 Å². The van der Waals surface area contributed by atoms with Crippen LogP contribution in [0.25, 0.3) is 15.2 Å². The van der Waals surface area contributed by atoms with E-state index in [1.54, 1.807) is 13.8 Å². The van der Waals surface area contributed by atoms with E-state index in [0.717, 1.165) is 15.9 Å². The summed E-state index contributed by atoms with van der Waals surface area (Å²) in [6, 6.07) is 4.08. The van der Waals surface area contributed by atoms with Crippen LogP contribution in [0.2, 0.25) is 0 Å². The summed E-state index contributed by atoms with van der Waals surface area (Å²) in [5.41, 5.74) is -2.24. The average Bonchev–Trinajstić information content (AvgIpc) is 3.47. The second kappa shape index (κ2) is 11.0. The highest BCUT2D eigenvalue weighted by Crippen LogP contribution is 2.31. The molecule has 3 aromatic heterocycles. The molecule has 0 bridgehead atoms. The van der Waals surface area contributed by atoms with Crippen LogP contribution < -0.4 is 16.0 Å². The number of halogens is 1. The van der Waals surface area contributed by atoms with Crippen LogP contribution in [0.5, 0.6) is 5.75 Å². The molecule has 37 heavy (non-hydrogen) atoms. The third kappa shape index (κ3) is 5.18. The Bertz CT molecular complexity index is 1540. The second-order valence-corrected chi connectivity index (χ2v) is 9.47. The Kier molecular flexibility index (Phi) is 8.28. The first-order valence-electron chi connectivity index (χ1n) is 11.3. The molecule has 0 fully saturated rings. The van der Waals surface area contributed by atoms with Gasteiger partial charge in [0, 0.05) is 18.7 Å². The van der Waals surface area contributed by atoms with Gasteiger partial charge in [-0.25, -0.2) is 18.5 Å². The lowest BCUT2D eigenvalue weighted by Crippen LogP contribution is -2.52. The number of benzene rings is 1. The normalized spacial score (nSPS) is 11.3. The van der Waals surface area contributed by atoms with Gasteiger partial charge in [0.1, 0.15) is 26.9 Å². The molecule has 3 heterocycles. The van der Waals surface area contributed by atoms with Gasteiger partial charge in [0.2, 0.25) is 0 Å². The Morgan fingerprint density at radius 3 is 2.41 bits per heavy atom. The van der Waals surface area contributed by atoms with Crippen molar-refractivity contribution in [3.8, 4) is 10.8 Å². The zero-order chi connectivity index (χ0) is 27.5. The highest BCUT2D eigenvalue weighted by Gasteiger charge is 2.35. The van der Waals surface area contributed by atoms with Gasteiger partial charge in [0.25, 0.3) is 5.56 Å². The highest BCUT2D eigenvalue weighted by molar-refractivity contribution is 7.21. The lowest BCUT2D eigenvalue weighted by Gasteiger charge is -2.23. The average molecular weight is 534 g/mol. The van der Waals surface area contributed by atoms with E-state index in [1.807, 2.05) is 0 Å². The number of nitrogens with zero attached hydrogens (tertiary/aromatic N) is 5. The Morgan fingerprint density at radius 2 is 1.84 bits per heavy atom. The number of carbonyl (C=O) groups is 1. The fourth-order valence-electron chi connectivity index (χ4n) is 3.81. The fraction of sp³-hybridized carbons (Fsp3) is 0.375. The lowest BCUT2D eigenvalue weighted by atomic mass is 10.1. The third-order valence-electron chi connectivity index (χ3n) is 5.72. The molecule has 198 valence electrons. The number of aliphatic hydroxyl groups is 1. The number of aryl methyl sites for hydroxylation is 3. The molecule has 1 aromatic carbocycles. The van der Waals surface area contributed by atoms with Crippen molar-refractivity contribution < 1.29 is 24.1 Å². The molecule has 0 atom stereocenters. The van der Waals surface area contributed by atoms with Crippen LogP contribution in [-0.2, 0) is 23.3 Å². The molecular formula is C24H28FN5O6S. The van der Waals surface area contributed by atoms with E-state index in [9.17, 15) is 23.9 Å². The summed E-state index contributed by atoms with van der Waals surface area (Å²) in [5, 5.41) is 26.3. The van der Waals surface area contributed by atoms with Crippen LogP contribution in [0.1, 0.15) is 31.9 Å². The molecule has 0 amide bonds. The van der Waals surface area contributed by atoms with Crippen LogP contribution in [0.4, 0.5) is 4.39 Å². The summed E-state index contributed by atoms with van der Waals surface area (Å²) in [6.07, 6.45) is 3.17. The summed E-state index contributed by atoms with van der Waals surface area (Å²) >= 11 is 1.15. The van der Waals surface area contributed by atoms with Gasteiger partial charge >= 0.3 is 11.7 Å². The number of aliphatic carboxylic acids is 1. The number of aromatic nitrogens is 5. The van der Waals surface area contributed by atoms with Crippen LogP contribution in [-0.4, -0.2) is 54.0 Å². The fourth-order valence-corrected chi connectivity index (χ4v) is 5.04. The monoisotopic (exact) mass is 533 g/mol. The predicted molar refractivity (Wildman–Crippen MR) is 136 cm³/mol. The van der Waals surface area contributed by atoms with Crippen molar-refractivity contribution in [3.63, 3.8) is 0 Å². The zero-order valence-corrected chi connectivity index (χ0v) is 21.9. The molecule has 4 aromatic rings. The minimum Gasteiger partial charge on any atom is -0.496 e. The number of thiophene rings is 1. The van der Waals surface area contributed by atoms with Gasteiger partial charge in [-0.3, -0.25) is 9.36 Å². The smallest absolute Gasteiger partial charge is 0.333 e. The van der Waals surface area contributed by atoms with Crippen molar-refractivity contribution in [2.75, 3.05) is 13.7 Å². The van der Waals surface area contributed by atoms with Crippen molar-refractivity contribution in [1.82, 2.24) is 24.1 Å². The quantitative estimate of drug-likeness (QED) is 0.369. The molecule has 2 N–H and O–H groups in total. The highest BCUT2D eigenvalue weighted by atomic mass is 32.1. The number of hydrogen-bond acceptors (Lipinski definition) is 8. The summed E-state index contributed by atoms with van der Waals surface area (Å²) in [4.78, 5) is 40.6. The van der Waals surface area contributed by atoms with E-state index in [0.29, 0.717) is 26.7 Å². The molecule has 0 spiro atoms. The molecule has 0 saturated carbocycles. The van der Waals surface area contributed by atoms with Crippen molar-refractivity contribution in [3.05, 3.63) is 68.4 Å². The number of carboxylic acid groups (broad SMARTS) is 1. The predicted octanol–water partition coefficient (Wildman–Crippen LogP) is 2.32. The van der Waals surface area contributed by atoms with Crippen LogP contribution in [0, 0.1) is 12.7 Å². The molecular weight excluding hydrogens is 505 g/mol. The number of rotatable bonds is 7. The topological polar surface area (TPSA) is 141 Å². The van der Waals surface area contributed by atoms with Gasteiger partial charge in [-0.15, -0.1) is 4.80 Å². The summed E-state index contributed by atoms with van der Waals surface area (Å²) in [5.74, 6) is -1.33. The van der Waals surface area contributed by atoms with Gasteiger partial charge in [-0.2, -0.15) is 10.2 Å². The van der Waals surface area contributed by atoms with Gasteiger partial charge in [0.15, 0.2) is 0 Å². The molecule has 0 aliphatic heterocycles. The van der Waals surface area contributed by atoms with Crippen molar-refractivity contribution >= 4 is 27.5 Å². The minimum atomic E-state index is -1.81. The summed E-state index contributed by atoms with van der Waals surface area (Å²) < 4.78 is 21.3. The van der Waals surface area contributed by atoms with Crippen LogP contribution in [0.3, 0.4) is 0 Å². The van der Waals surface area contributed by atoms with Crippen molar-refractivity contribution in [2.24, 2.45) is 0 Å². The van der Waals surface area contributed by atoms with Gasteiger partial charge in [-0.1, -0.05) is 11.3 Å². The van der Waals surface area contributed by atoms with Crippen molar-refractivity contribution in [2.45, 2.75) is 46.2 Å². The van der Waals surface area contributed by atoms with E-state index >= 15 is 0 Å². The number of fused-ring (bicyclic) bond motifs is 1. The Morgan fingerprint density at radius 1 is 1.22 bits per heavy atom. The number of hydrogen-bond donors (Lipinski definition) is 2. The number of aliphatic hydroxyl groups excluding tert-OH is 1. The van der Waals surface area contributed by atoms with E-state index < -0.39 is 28.6 Å². The number of carboxylic acids is 1. The first-order valence-corrected chi connectivity index (χ1v) is 12.1. The molecule has 0 aliphatic rings. The maximum Gasteiger partial charge on any atom is 0.333 e. The summed E-state index contributed by atoms with van der Waals surface area (Å²) in [6.45, 7) is 6.27. The molecule has 0 radical (unpaired) electrons. The van der Waals surface area contributed by atoms with Gasteiger partial charge in [-0.05, 0) is 57.9 Å². The SMILES string of the molecule is CCO.COc1ccc(F)cc1CCn1c(=O)n(C(C)(C)C(=O)O)c(=O)c2c(C)c(-n3nccn3)sc21. The third-order valence-corrected chi connectivity index (χ3v) is 7.00. The minimum absolute atomic E-state index is 0.0526. The zero-order valence-electron chi connectivity index (χ0n) is 21.1. The Hall–Kier alpha value is -3.84. The molecule has 13 heteroatoms. The number of methoxy groups -OCH3 is 1. The lowest BCUT2D eigenvalue weighted by molar-refractivity contribution is -0.146. The standard InChI is InChI=1S/C22H22FN5O5S.C2H6O/c1-12-16-17(29)27(22(2,3)20(30)31)21(32)26(19(16)34-18(12)28-24-8-9-25-28)10-7-13-11-14(23)5-6-15(13)33-4;1-2-3/h5-6,8-9,11H,7,10H2,1-4H3,(H,30,31);3H,2H2,1H3. The van der Waals surface area contributed by atoms with Gasteiger partial charge < -0.3 is 14.9 Å². The first kappa shape index (κ1) is 27.7. The van der Waals surface area contributed by atoms with Crippen molar-refractivity contribution in [1.29, 1.82) is 0 Å². The first-order chi connectivity index (χ1) is 17.5. The van der Waals surface area contributed by atoms with Crippen LogP contribution in [0.15, 0.2) is 40.2 Å². The maximum atomic E-state index is 13.9. The largest absolute Gasteiger partial charge is 0.496 e. The number of ether oxygens (including phenoxy) is 1. The molecule has 0 unspecified atom stereocenters. The van der Waals surface area contributed by atoms with E-state index in [-0.39, 0.29) is 25.0 Å². The van der Waals surface area contributed by atoms with Gasteiger partial charge in [0.05, 0.1) is 24.9 Å². The molecule has 4 rings (SSSR count). The van der Waals surface area contributed by atoms with E-state index in [2.05, 4.69) is 10.2 Å². The molecule has 0 saturated heterocycles. The maximum absolute atomic E-state index is 13.9. The van der Waals surface area contributed by atoms with E-state index in [4.69, 9.17) is 9.84 Å². The van der Waals surface area contributed by atoms with E-state index in [1.165, 1.54) is 60.9 Å². The molecule has 11 nitrogen and oxygen atoms in total. The molecule has 0 aliphatic carbocycles. The Balaban J connectivity index is 0.00000121. The van der Waals surface area contributed by atoms with Crippen LogP contribution >= 0.6 is 11.3 Å².